The van der Waals surface area contributed by atoms with Crippen molar-refractivity contribution in [2.24, 2.45) is 11.3 Å². The van der Waals surface area contributed by atoms with Gasteiger partial charge in [0, 0.05) is 0 Å². The molecule has 0 saturated heterocycles. The minimum absolute atomic E-state index is 0.0483. The maximum atomic E-state index is 12.6. The first-order chi connectivity index (χ1) is 10.5. The van der Waals surface area contributed by atoms with E-state index in [0.717, 1.165) is 24.8 Å². The summed E-state index contributed by atoms with van der Waals surface area (Å²) in [6.07, 6.45) is 2.77. The molecule has 122 valence electrons. The highest BCUT2D eigenvalue weighted by molar-refractivity contribution is 5.78. The van der Waals surface area contributed by atoms with Crippen molar-refractivity contribution in [1.82, 2.24) is 0 Å². The smallest absolute Gasteiger partial charge is 0.314 e. The van der Waals surface area contributed by atoms with Crippen molar-refractivity contribution in [3.05, 3.63) is 35.4 Å². The molecule has 1 aliphatic carbocycles. The lowest BCUT2D eigenvalue weighted by Gasteiger charge is -2.36. The van der Waals surface area contributed by atoms with Crippen LogP contribution in [-0.4, -0.2) is 18.7 Å². The Kier molecular flexibility index (Phi) is 5.63. The van der Waals surface area contributed by atoms with Gasteiger partial charge in [-0.2, -0.15) is 0 Å². The summed E-state index contributed by atoms with van der Waals surface area (Å²) in [4.78, 5) is 12.6. The van der Waals surface area contributed by atoms with E-state index >= 15 is 0 Å². The molecule has 3 nitrogen and oxygen atoms in total. The molecule has 0 N–H and O–H groups in total. The van der Waals surface area contributed by atoms with Gasteiger partial charge in [0.2, 0.25) is 0 Å². The fourth-order valence-corrected chi connectivity index (χ4v) is 3.51. The van der Waals surface area contributed by atoms with Gasteiger partial charge >= 0.3 is 5.97 Å². The van der Waals surface area contributed by atoms with Crippen LogP contribution < -0.4 is 0 Å². The van der Waals surface area contributed by atoms with Crippen molar-refractivity contribution in [2.45, 2.75) is 59.7 Å². The second kappa shape index (κ2) is 7.28. The Labute approximate surface area is 134 Å². The summed E-state index contributed by atoms with van der Waals surface area (Å²) in [5.74, 6) is 0.133. The number of hydrogen-bond donors (Lipinski definition) is 0. The molecule has 2 rings (SSSR count). The van der Waals surface area contributed by atoms with E-state index in [1.165, 1.54) is 5.56 Å². The summed E-state index contributed by atoms with van der Waals surface area (Å²) in [6, 6.07) is 8.36. The van der Waals surface area contributed by atoms with Crippen molar-refractivity contribution in [2.75, 3.05) is 6.61 Å². The Morgan fingerprint density at radius 2 is 2.00 bits per heavy atom. The number of hydrogen-bond acceptors (Lipinski definition) is 3. The van der Waals surface area contributed by atoms with Crippen LogP contribution in [0.5, 0.6) is 0 Å². The van der Waals surface area contributed by atoms with E-state index in [-0.39, 0.29) is 18.0 Å². The molecular weight excluding hydrogens is 276 g/mol. The van der Waals surface area contributed by atoms with Crippen molar-refractivity contribution in [1.29, 1.82) is 0 Å². The monoisotopic (exact) mass is 304 g/mol. The third-order valence-corrected chi connectivity index (χ3v) is 4.89. The second-order valence-electron chi connectivity index (χ2n) is 6.59. The van der Waals surface area contributed by atoms with Gasteiger partial charge in [0.05, 0.1) is 24.7 Å². The highest BCUT2D eigenvalue weighted by Crippen LogP contribution is 2.47. The summed E-state index contributed by atoms with van der Waals surface area (Å²) in [5.41, 5.74) is 1.91. The molecule has 0 aliphatic heterocycles. The molecular formula is C19H28O3. The molecule has 2 atom stereocenters. The van der Waals surface area contributed by atoms with Crippen LogP contribution in [0.25, 0.3) is 0 Å². The van der Waals surface area contributed by atoms with Crippen LogP contribution in [0.1, 0.15) is 51.2 Å². The van der Waals surface area contributed by atoms with Gasteiger partial charge < -0.3 is 9.47 Å². The molecule has 1 aromatic carbocycles. The predicted octanol–water partition coefficient (Wildman–Crippen LogP) is 4.27. The van der Waals surface area contributed by atoms with Crippen molar-refractivity contribution in [3.63, 3.8) is 0 Å². The first kappa shape index (κ1) is 17.0. The van der Waals surface area contributed by atoms with Gasteiger partial charge in [-0.15, -0.1) is 0 Å². The molecule has 0 aromatic heterocycles. The number of benzene rings is 1. The molecule has 1 fully saturated rings. The molecule has 1 saturated carbocycles. The van der Waals surface area contributed by atoms with Crippen molar-refractivity contribution in [3.8, 4) is 0 Å². The Hall–Kier alpha value is -1.35. The topological polar surface area (TPSA) is 35.5 Å². The molecule has 0 bridgehead atoms. The first-order valence-corrected chi connectivity index (χ1v) is 8.35. The number of carbonyl (C=O) groups is 1. The Bertz CT molecular complexity index is 492. The van der Waals surface area contributed by atoms with Crippen LogP contribution in [0.3, 0.4) is 0 Å². The zero-order chi connectivity index (χ0) is 16.2. The van der Waals surface area contributed by atoms with E-state index in [4.69, 9.17) is 9.47 Å². The normalized spacial score (nSPS) is 24.7. The average Bonchev–Trinajstić information content (AvgIpc) is 2.92. The molecule has 3 heteroatoms. The summed E-state index contributed by atoms with van der Waals surface area (Å²) in [7, 11) is 0. The minimum Gasteiger partial charge on any atom is -0.465 e. The van der Waals surface area contributed by atoms with Gasteiger partial charge in [-0.05, 0) is 44.6 Å². The lowest BCUT2D eigenvalue weighted by molar-refractivity contribution is -0.169. The SMILES string of the molecule is CCOC(=O)C1(C(C)C)CCCC1OCc1ccc(C)cc1. The van der Waals surface area contributed by atoms with Crippen LogP contribution in [0, 0.1) is 18.3 Å². The molecule has 0 spiro atoms. The van der Waals surface area contributed by atoms with E-state index < -0.39 is 5.41 Å². The van der Waals surface area contributed by atoms with E-state index in [1.54, 1.807) is 0 Å². The van der Waals surface area contributed by atoms with Gasteiger partial charge in [0.15, 0.2) is 0 Å². The molecule has 0 heterocycles. The quantitative estimate of drug-likeness (QED) is 0.736. The number of ether oxygens (including phenoxy) is 2. The fraction of sp³-hybridized carbons (Fsp3) is 0.632. The van der Waals surface area contributed by atoms with E-state index in [1.807, 2.05) is 6.92 Å². The maximum Gasteiger partial charge on any atom is 0.314 e. The highest BCUT2D eigenvalue weighted by atomic mass is 16.5. The van der Waals surface area contributed by atoms with Crippen molar-refractivity contribution >= 4 is 5.97 Å². The molecule has 1 aromatic rings. The predicted molar refractivity (Wildman–Crippen MR) is 87.5 cm³/mol. The van der Waals surface area contributed by atoms with Crippen LogP contribution >= 0.6 is 0 Å². The molecule has 2 unspecified atom stereocenters. The van der Waals surface area contributed by atoms with E-state index in [2.05, 4.69) is 45.0 Å². The maximum absolute atomic E-state index is 12.6. The van der Waals surface area contributed by atoms with Gasteiger partial charge in [-0.3, -0.25) is 4.79 Å². The summed E-state index contributed by atoms with van der Waals surface area (Å²) >= 11 is 0. The second-order valence-corrected chi connectivity index (χ2v) is 6.59. The lowest BCUT2D eigenvalue weighted by Crippen LogP contribution is -2.45. The van der Waals surface area contributed by atoms with Gasteiger partial charge in [0.1, 0.15) is 0 Å². The largest absolute Gasteiger partial charge is 0.465 e. The standard InChI is InChI=1S/C19H28O3/c1-5-21-18(20)19(14(2)3)12-6-7-17(19)22-13-16-10-8-15(4)9-11-16/h8-11,14,17H,5-7,12-13H2,1-4H3. The van der Waals surface area contributed by atoms with E-state index in [0.29, 0.717) is 13.2 Å². The lowest BCUT2D eigenvalue weighted by atomic mass is 9.74. The minimum atomic E-state index is -0.485. The Morgan fingerprint density at radius 1 is 1.32 bits per heavy atom. The molecule has 0 radical (unpaired) electrons. The molecule has 0 amide bonds. The number of esters is 1. The Balaban J connectivity index is 2.10. The third-order valence-electron chi connectivity index (χ3n) is 4.89. The number of carbonyl (C=O) groups excluding carboxylic acids is 1. The molecule has 1 aliphatic rings. The van der Waals surface area contributed by atoms with Gasteiger partial charge in [0.25, 0.3) is 0 Å². The van der Waals surface area contributed by atoms with Crippen molar-refractivity contribution < 1.29 is 14.3 Å². The Morgan fingerprint density at radius 3 is 2.59 bits per heavy atom. The number of rotatable bonds is 6. The third kappa shape index (κ3) is 3.35. The zero-order valence-electron chi connectivity index (χ0n) is 14.2. The van der Waals surface area contributed by atoms with Crippen LogP contribution in [-0.2, 0) is 20.9 Å². The summed E-state index contributed by atoms with van der Waals surface area (Å²) < 4.78 is 11.5. The fourth-order valence-electron chi connectivity index (χ4n) is 3.51. The highest BCUT2D eigenvalue weighted by Gasteiger charge is 2.53. The summed E-state index contributed by atoms with van der Waals surface area (Å²) in [6.45, 7) is 9.13. The average molecular weight is 304 g/mol. The zero-order valence-corrected chi connectivity index (χ0v) is 14.2. The number of aryl methyl sites for hydroxylation is 1. The molecule has 22 heavy (non-hydrogen) atoms. The first-order valence-electron chi connectivity index (χ1n) is 8.35. The van der Waals surface area contributed by atoms with Crippen LogP contribution in [0.4, 0.5) is 0 Å². The van der Waals surface area contributed by atoms with Crippen LogP contribution in [0.15, 0.2) is 24.3 Å². The van der Waals surface area contributed by atoms with Gasteiger partial charge in [-0.1, -0.05) is 43.7 Å². The van der Waals surface area contributed by atoms with E-state index in [9.17, 15) is 4.79 Å². The summed E-state index contributed by atoms with van der Waals surface area (Å²) in [5, 5.41) is 0. The van der Waals surface area contributed by atoms with Gasteiger partial charge in [-0.25, -0.2) is 0 Å². The van der Waals surface area contributed by atoms with Crippen LogP contribution in [0.2, 0.25) is 0 Å².